The summed E-state index contributed by atoms with van der Waals surface area (Å²) >= 11 is 18.2. The zero-order valence-electron chi connectivity index (χ0n) is 12.2. The minimum absolute atomic E-state index is 0.107. The number of benzene rings is 1. The maximum atomic E-state index is 12.6. The molecule has 0 saturated carbocycles. The van der Waals surface area contributed by atoms with E-state index in [-0.39, 0.29) is 5.91 Å². The van der Waals surface area contributed by atoms with Crippen molar-refractivity contribution in [3.05, 3.63) is 57.2 Å². The van der Waals surface area contributed by atoms with Crippen molar-refractivity contribution >= 4 is 46.5 Å². The van der Waals surface area contributed by atoms with Crippen LogP contribution in [0.25, 0.3) is 0 Å². The number of pyridine rings is 1. The van der Waals surface area contributed by atoms with E-state index in [2.05, 4.69) is 9.88 Å². The van der Waals surface area contributed by atoms with Crippen molar-refractivity contribution < 1.29 is 4.79 Å². The summed E-state index contributed by atoms with van der Waals surface area (Å²) < 4.78 is 0. The summed E-state index contributed by atoms with van der Waals surface area (Å²) in [5, 5.41) is 1.52. The number of amides is 1. The number of nitrogens with zero attached hydrogens (tertiary/aromatic N) is 3. The number of piperazine rings is 1. The van der Waals surface area contributed by atoms with Gasteiger partial charge in [-0.25, -0.2) is 4.98 Å². The van der Waals surface area contributed by atoms with Crippen LogP contribution in [0.4, 0.5) is 5.82 Å². The lowest BCUT2D eigenvalue weighted by Gasteiger charge is -2.35. The molecule has 1 amide bonds. The molecule has 4 nitrogen and oxygen atoms in total. The number of rotatable bonds is 2. The first-order valence-electron chi connectivity index (χ1n) is 7.16. The third kappa shape index (κ3) is 3.55. The Morgan fingerprint density at radius 2 is 1.74 bits per heavy atom. The van der Waals surface area contributed by atoms with Crippen LogP contribution >= 0.6 is 34.8 Å². The molecule has 0 N–H and O–H groups in total. The highest BCUT2D eigenvalue weighted by atomic mass is 35.5. The second-order valence-corrected chi connectivity index (χ2v) is 6.46. The topological polar surface area (TPSA) is 36.4 Å². The van der Waals surface area contributed by atoms with E-state index in [0.717, 1.165) is 5.82 Å². The Labute approximate surface area is 149 Å². The second-order valence-electron chi connectivity index (χ2n) is 5.21. The van der Waals surface area contributed by atoms with E-state index in [1.165, 1.54) is 0 Å². The van der Waals surface area contributed by atoms with Crippen LogP contribution in [0.5, 0.6) is 0 Å². The molecule has 2 aromatic rings. The van der Waals surface area contributed by atoms with E-state index in [1.807, 2.05) is 6.07 Å². The Balaban J connectivity index is 1.70. The van der Waals surface area contributed by atoms with Gasteiger partial charge in [-0.3, -0.25) is 4.79 Å². The highest BCUT2D eigenvalue weighted by molar-refractivity contribution is 6.35. The largest absolute Gasteiger partial charge is 0.352 e. The molecule has 23 heavy (non-hydrogen) atoms. The van der Waals surface area contributed by atoms with Crippen LogP contribution in [0.1, 0.15) is 10.4 Å². The molecule has 0 radical (unpaired) electrons. The normalized spacial score (nSPS) is 14.9. The Kier molecular flexibility index (Phi) is 4.95. The summed E-state index contributed by atoms with van der Waals surface area (Å²) in [5.41, 5.74) is 0.434. The fraction of sp³-hybridized carbons (Fsp3) is 0.250. The molecule has 2 heterocycles. The Morgan fingerprint density at radius 1 is 1.00 bits per heavy atom. The van der Waals surface area contributed by atoms with Gasteiger partial charge in [0.05, 0.1) is 15.6 Å². The van der Waals surface area contributed by atoms with Gasteiger partial charge in [-0.15, -0.1) is 0 Å². The third-order valence-electron chi connectivity index (χ3n) is 3.76. The molecule has 0 atom stereocenters. The maximum Gasteiger partial charge on any atom is 0.255 e. The van der Waals surface area contributed by atoms with Crippen molar-refractivity contribution in [1.82, 2.24) is 9.88 Å². The van der Waals surface area contributed by atoms with Gasteiger partial charge < -0.3 is 9.80 Å². The lowest BCUT2D eigenvalue weighted by Crippen LogP contribution is -2.49. The van der Waals surface area contributed by atoms with E-state index in [0.29, 0.717) is 46.8 Å². The van der Waals surface area contributed by atoms with E-state index < -0.39 is 0 Å². The van der Waals surface area contributed by atoms with Gasteiger partial charge in [-0.1, -0.05) is 34.8 Å². The van der Waals surface area contributed by atoms with Crippen LogP contribution in [0.3, 0.4) is 0 Å². The lowest BCUT2D eigenvalue weighted by molar-refractivity contribution is 0.0746. The van der Waals surface area contributed by atoms with Crippen molar-refractivity contribution in [3.63, 3.8) is 0 Å². The molecule has 1 aliphatic heterocycles. The number of halogens is 3. The highest BCUT2D eigenvalue weighted by Gasteiger charge is 2.25. The fourth-order valence-electron chi connectivity index (χ4n) is 2.56. The van der Waals surface area contributed by atoms with Gasteiger partial charge in [-0.2, -0.15) is 0 Å². The second kappa shape index (κ2) is 6.95. The lowest BCUT2D eigenvalue weighted by atomic mass is 10.1. The Hall–Kier alpha value is -1.49. The van der Waals surface area contributed by atoms with E-state index in [9.17, 15) is 4.79 Å². The van der Waals surface area contributed by atoms with Crippen LogP contribution in [0.2, 0.25) is 15.1 Å². The SMILES string of the molecule is O=C(c1cc(Cl)ccc1Cl)N1CCN(c2ncccc2Cl)CC1. The monoisotopic (exact) mass is 369 g/mol. The predicted octanol–water partition coefficient (Wildman–Crippen LogP) is 4.00. The quantitative estimate of drug-likeness (QED) is 0.801. The first kappa shape index (κ1) is 16.4. The molecule has 1 aromatic carbocycles. The van der Waals surface area contributed by atoms with Crippen LogP contribution in [-0.2, 0) is 0 Å². The molecule has 120 valence electrons. The number of carbonyl (C=O) groups is 1. The van der Waals surface area contributed by atoms with Crippen molar-refractivity contribution in [2.45, 2.75) is 0 Å². The van der Waals surface area contributed by atoms with E-state index in [4.69, 9.17) is 34.8 Å². The fourth-order valence-corrected chi connectivity index (χ4v) is 3.17. The molecule has 0 unspecified atom stereocenters. The van der Waals surface area contributed by atoms with Crippen LogP contribution < -0.4 is 4.90 Å². The zero-order valence-corrected chi connectivity index (χ0v) is 14.4. The predicted molar refractivity (Wildman–Crippen MR) is 93.8 cm³/mol. The number of hydrogen-bond donors (Lipinski definition) is 0. The minimum atomic E-state index is -0.107. The molecule has 1 fully saturated rings. The van der Waals surface area contributed by atoms with Crippen molar-refractivity contribution in [1.29, 1.82) is 0 Å². The van der Waals surface area contributed by atoms with Gasteiger partial charge >= 0.3 is 0 Å². The summed E-state index contributed by atoms with van der Waals surface area (Å²) in [6.07, 6.45) is 1.71. The molecule has 0 bridgehead atoms. The Bertz CT molecular complexity index is 730. The van der Waals surface area contributed by atoms with Crippen molar-refractivity contribution in [3.8, 4) is 0 Å². The summed E-state index contributed by atoms with van der Waals surface area (Å²) in [6, 6.07) is 8.52. The summed E-state index contributed by atoms with van der Waals surface area (Å²) in [5.74, 6) is 0.645. The van der Waals surface area contributed by atoms with E-state index in [1.54, 1.807) is 35.4 Å². The summed E-state index contributed by atoms with van der Waals surface area (Å²) in [4.78, 5) is 20.8. The van der Waals surface area contributed by atoms with Crippen molar-refractivity contribution in [2.24, 2.45) is 0 Å². The van der Waals surface area contributed by atoms with Crippen LogP contribution in [-0.4, -0.2) is 42.0 Å². The summed E-state index contributed by atoms with van der Waals surface area (Å²) in [6.45, 7) is 2.49. The molecule has 7 heteroatoms. The molecule has 3 rings (SSSR count). The highest BCUT2D eigenvalue weighted by Crippen LogP contribution is 2.25. The average molecular weight is 371 g/mol. The smallest absolute Gasteiger partial charge is 0.255 e. The van der Waals surface area contributed by atoms with Gasteiger partial charge in [0.25, 0.3) is 5.91 Å². The molecule has 1 saturated heterocycles. The van der Waals surface area contributed by atoms with Gasteiger partial charge in [0.1, 0.15) is 5.82 Å². The zero-order chi connectivity index (χ0) is 16.4. The number of hydrogen-bond acceptors (Lipinski definition) is 3. The number of carbonyl (C=O) groups excluding carboxylic acids is 1. The first-order chi connectivity index (χ1) is 11.1. The van der Waals surface area contributed by atoms with Gasteiger partial charge in [-0.05, 0) is 30.3 Å². The average Bonchev–Trinajstić information content (AvgIpc) is 2.57. The molecule has 1 aliphatic rings. The third-order valence-corrected chi connectivity index (χ3v) is 4.62. The molecular formula is C16H14Cl3N3O. The molecule has 0 aliphatic carbocycles. The van der Waals surface area contributed by atoms with Gasteiger partial charge in [0.15, 0.2) is 0 Å². The van der Waals surface area contributed by atoms with Crippen LogP contribution in [0.15, 0.2) is 36.5 Å². The van der Waals surface area contributed by atoms with Crippen molar-refractivity contribution in [2.75, 3.05) is 31.1 Å². The van der Waals surface area contributed by atoms with Crippen LogP contribution in [0, 0.1) is 0 Å². The maximum absolute atomic E-state index is 12.6. The number of aromatic nitrogens is 1. The van der Waals surface area contributed by atoms with E-state index >= 15 is 0 Å². The summed E-state index contributed by atoms with van der Waals surface area (Å²) in [7, 11) is 0. The van der Waals surface area contributed by atoms with Gasteiger partial charge in [0.2, 0.25) is 0 Å². The number of anilines is 1. The Morgan fingerprint density at radius 3 is 2.43 bits per heavy atom. The van der Waals surface area contributed by atoms with Gasteiger partial charge in [0, 0.05) is 37.4 Å². The standard InChI is InChI=1S/C16H14Cl3N3O/c17-11-3-4-13(18)12(10-11)16(23)22-8-6-21(7-9-22)15-14(19)2-1-5-20-15/h1-5,10H,6-9H2. The first-order valence-corrected chi connectivity index (χ1v) is 8.29. The molecule has 0 spiro atoms. The minimum Gasteiger partial charge on any atom is -0.352 e. The molecular weight excluding hydrogens is 357 g/mol. The molecule has 1 aromatic heterocycles.